The summed E-state index contributed by atoms with van der Waals surface area (Å²) in [6.07, 6.45) is 3.49. The predicted molar refractivity (Wildman–Crippen MR) is 195 cm³/mol. The van der Waals surface area contributed by atoms with Gasteiger partial charge < -0.3 is 19.6 Å². The highest BCUT2D eigenvalue weighted by Gasteiger charge is 2.45. The van der Waals surface area contributed by atoms with E-state index in [2.05, 4.69) is 26.1 Å². The summed E-state index contributed by atoms with van der Waals surface area (Å²) in [5, 5.41) is 11.9. The molecule has 1 spiro atoms. The maximum Gasteiger partial charge on any atom is 0.262 e. The zero-order chi connectivity index (χ0) is 36.1. The quantitative estimate of drug-likeness (QED) is 0.387. The Hall–Kier alpha value is -5.41. The average Bonchev–Trinajstić information content (AvgIpc) is 3.69. The van der Waals surface area contributed by atoms with E-state index < -0.39 is 29.7 Å². The van der Waals surface area contributed by atoms with Crippen LogP contribution >= 0.6 is 11.6 Å². The molecule has 0 aromatic heterocycles. The molecule has 5 amide bonds. The molecule has 5 aliphatic rings. The van der Waals surface area contributed by atoms with Crippen LogP contribution in [0.4, 0.5) is 17.1 Å². The molecule has 0 bridgehead atoms. The molecule has 0 aliphatic carbocycles. The van der Waals surface area contributed by atoms with Crippen LogP contribution < -0.4 is 20.0 Å². The summed E-state index contributed by atoms with van der Waals surface area (Å²) in [7, 11) is 0. The minimum Gasteiger partial charge on any atom is -0.371 e. The third kappa shape index (κ3) is 6.02. The van der Waals surface area contributed by atoms with E-state index >= 15 is 0 Å². The van der Waals surface area contributed by atoms with Gasteiger partial charge in [-0.15, -0.1) is 0 Å². The molecule has 12 nitrogen and oxygen atoms in total. The van der Waals surface area contributed by atoms with Crippen molar-refractivity contribution in [2.75, 3.05) is 67.1 Å². The van der Waals surface area contributed by atoms with Crippen molar-refractivity contribution in [1.29, 1.82) is 5.26 Å². The van der Waals surface area contributed by atoms with Crippen LogP contribution in [-0.4, -0.2) is 97.7 Å². The fraction of sp³-hybridized carbons (Fsp3) is 0.385. The Morgan fingerprint density at radius 1 is 0.750 bits per heavy atom. The second-order valence-corrected chi connectivity index (χ2v) is 14.8. The van der Waals surface area contributed by atoms with E-state index in [0.29, 0.717) is 42.3 Å². The number of carbonyl (C=O) groups is 5. The fourth-order valence-corrected chi connectivity index (χ4v) is 8.63. The number of nitrogens with one attached hydrogen (secondary N) is 1. The molecule has 266 valence electrons. The molecular weight excluding hydrogens is 682 g/mol. The highest BCUT2D eigenvalue weighted by Crippen LogP contribution is 2.43. The van der Waals surface area contributed by atoms with Crippen molar-refractivity contribution in [3.05, 3.63) is 87.9 Å². The largest absolute Gasteiger partial charge is 0.371 e. The molecule has 0 saturated carbocycles. The summed E-state index contributed by atoms with van der Waals surface area (Å²) in [6.45, 7) is 6.01. The normalized spacial score (nSPS) is 21.5. The summed E-state index contributed by atoms with van der Waals surface area (Å²) in [5.74, 6) is -2.13. The van der Waals surface area contributed by atoms with Crippen LogP contribution in [0, 0.1) is 16.7 Å². The molecule has 3 aromatic carbocycles. The third-order valence-corrected chi connectivity index (χ3v) is 11.8. The number of rotatable bonds is 5. The number of fused-ring (bicyclic) bond motifs is 1. The first-order chi connectivity index (χ1) is 25.1. The van der Waals surface area contributed by atoms with Crippen molar-refractivity contribution in [3.8, 4) is 6.07 Å². The number of hydrogen-bond donors (Lipinski definition) is 1. The van der Waals surface area contributed by atoms with Gasteiger partial charge >= 0.3 is 0 Å². The van der Waals surface area contributed by atoms with Crippen LogP contribution in [0.5, 0.6) is 0 Å². The van der Waals surface area contributed by atoms with Gasteiger partial charge in [0.1, 0.15) is 12.1 Å². The lowest BCUT2D eigenvalue weighted by atomic mass is 9.77. The Balaban J connectivity index is 0.841. The Labute approximate surface area is 306 Å². The smallest absolute Gasteiger partial charge is 0.262 e. The molecule has 1 N–H and O–H groups in total. The first kappa shape index (κ1) is 33.7. The van der Waals surface area contributed by atoms with Gasteiger partial charge in [-0.25, -0.2) is 0 Å². The Bertz CT molecular complexity index is 2030. The monoisotopic (exact) mass is 719 g/mol. The number of halogens is 1. The standard InChI is InChI=1S/C39H38ClN7O5/c40-32-22-29(6-3-26(32)23-41)46-16-13-39(24-46)11-14-43(15-12-39)27-4-1-25(2-5-27)36(50)45-19-17-44(18-20-45)28-7-8-30-31(21-28)38(52)47(37(30)51)33-9-10-34(48)42-35(33)49/h1-8,21-22,33H,9-20,24H2,(H,42,48,49). The number of nitrogens with zero attached hydrogens (tertiary/aromatic N) is 6. The predicted octanol–water partition coefficient (Wildman–Crippen LogP) is 4.07. The lowest BCUT2D eigenvalue weighted by Crippen LogP contribution is -2.54. The molecule has 3 aromatic rings. The average molecular weight is 720 g/mol. The Morgan fingerprint density at radius 2 is 1.37 bits per heavy atom. The highest BCUT2D eigenvalue weighted by atomic mass is 35.5. The van der Waals surface area contributed by atoms with Gasteiger partial charge in [0.25, 0.3) is 17.7 Å². The van der Waals surface area contributed by atoms with E-state index in [-0.39, 0.29) is 35.3 Å². The summed E-state index contributed by atoms with van der Waals surface area (Å²) >= 11 is 6.31. The Kier molecular flexibility index (Phi) is 8.62. The van der Waals surface area contributed by atoms with E-state index in [1.165, 1.54) is 0 Å². The van der Waals surface area contributed by atoms with Crippen molar-refractivity contribution in [1.82, 2.24) is 15.1 Å². The molecule has 4 fully saturated rings. The second kappa shape index (κ2) is 13.3. The lowest BCUT2D eigenvalue weighted by Gasteiger charge is -2.40. The summed E-state index contributed by atoms with van der Waals surface area (Å²) in [4.78, 5) is 73.6. The number of imide groups is 2. The molecular formula is C39H38ClN7O5. The number of hydrogen-bond acceptors (Lipinski definition) is 9. The van der Waals surface area contributed by atoms with Gasteiger partial charge in [0.2, 0.25) is 11.8 Å². The van der Waals surface area contributed by atoms with Crippen LogP contribution in [0.15, 0.2) is 60.7 Å². The zero-order valence-corrected chi connectivity index (χ0v) is 29.4. The van der Waals surface area contributed by atoms with Crippen molar-refractivity contribution in [3.63, 3.8) is 0 Å². The van der Waals surface area contributed by atoms with E-state index in [1.54, 1.807) is 24.3 Å². The SMILES string of the molecule is N#Cc1ccc(N2CCC3(CCN(c4ccc(C(=O)N5CCN(c6ccc7c(c6)C(=O)N(C6CCC(=O)NC6=O)C7=O)CC5)cc4)CC3)C2)cc1Cl. The van der Waals surface area contributed by atoms with Crippen molar-refractivity contribution < 1.29 is 24.0 Å². The topological polar surface area (TPSA) is 137 Å². The van der Waals surface area contributed by atoms with Crippen LogP contribution in [0.2, 0.25) is 5.02 Å². The third-order valence-electron chi connectivity index (χ3n) is 11.5. The van der Waals surface area contributed by atoms with Crippen LogP contribution in [-0.2, 0) is 9.59 Å². The molecule has 5 heterocycles. The van der Waals surface area contributed by atoms with E-state index in [0.717, 1.165) is 67.4 Å². The number of amides is 5. The number of benzene rings is 3. The maximum atomic E-state index is 13.5. The summed E-state index contributed by atoms with van der Waals surface area (Å²) in [6, 6.07) is 19.8. The van der Waals surface area contributed by atoms with E-state index in [1.807, 2.05) is 41.3 Å². The Morgan fingerprint density at radius 3 is 2.04 bits per heavy atom. The molecule has 52 heavy (non-hydrogen) atoms. The molecule has 13 heteroatoms. The highest BCUT2D eigenvalue weighted by molar-refractivity contribution is 6.32. The van der Waals surface area contributed by atoms with Crippen molar-refractivity contribution in [2.45, 2.75) is 38.1 Å². The molecule has 5 aliphatic heterocycles. The van der Waals surface area contributed by atoms with Gasteiger partial charge in [-0.3, -0.25) is 34.2 Å². The number of carbonyl (C=O) groups excluding carboxylic acids is 5. The minimum atomic E-state index is -1.00. The molecule has 4 saturated heterocycles. The van der Waals surface area contributed by atoms with E-state index in [4.69, 9.17) is 11.6 Å². The summed E-state index contributed by atoms with van der Waals surface area (Å²) in [5.41, 5.74) is 4.86. The van der Waals surface area contributed by atoms with Crippen molar-refractivity contribution in [2.24, 2.45) is 5.41 Å². The van der Waals surface area contributed by atoms with Gasteiger partial charge in [0, 0.05) is 81.4 Å². The van der Waals surface area contributed by atoms with Gasteiger partial charge in [-0.2, -0.15) is 5.26 Å². The maximum absolute atomic E-state index is 13.5. The van der Waals surface area contributed by atoms with Gasteiger partial charge in [0.05, 0.1) is 21.7 Å². The van der Waals surface area contributed by atoms with Crippen LogP contribution in [0.1, 0.15) is 68.7 Å². The van der Waals surface area contributed by atoms with Gasteiger partial charge in [-0.1, -0.05) is 11.6 Å². The molecule has 1 unspecified atom stereocenters. The summed E-state index contributed by atoms with van der Waals surface area (Å²) < 4.78 is 0. The number of piperazine rings is 1. The van der Waals surface area contributed by atoms with Gasteiger partial charge in [-0.05, 0) is 91.8 Å². The number of piperidine rings is 2. The number of anilines is 3. The lowest BCUT2D eigenvalue weighted by molar-refractivity contribution is -0.136. The first-order valence-corrected chi connectivity index (χ1v) is 18.2. The van der Waals surface area contributed by atoms with Crippen molar-refractivity contribution >= 4 is 58.2 Å². The molecule has 1 atom stereocenters. The second-order valence-electron chi connectivity index (χ2n) is 14.4. The van der Waals surface area contributed by atoms with Crippen LogP contribution in [0.3, 0.4) is 0 Å². The zero-order valence-electron chi connectivity index (χ0n) is 28.6. The fourth-order valence-electron chi connectivity index (χ4n) is 8.42. The minimum absolute atomic E-state index is 0.0210. The molecule has 8 rings (SSSR count). The number of nitriles is 1. The first-order valence-electron chi connectivity index (χ1n) is 17.8. The van der Waals surface area contributed by atoms with Gasteiger partial charge in [0.15, 0.2) is 0 Å². The molecule has 0 radical (unpaired) electrons. The van der Waals surface area contributed by atoms with Crippen LogP contribution in [0.25, 0.3) is 0 Å². The van der Waals surface area contributed by atoms with E-state index in [9.17, 15) is 29.2 Å².